The minimum atomic E-state index is 0.194. The predicted molar refractivity (Wildman–Crippen MR) is 75.6 cm³/mol. The highest BCUT2D eigenvalue weighted by molar-refractivity contribution is 7.99. The molecule has 1 atom stereocenters. The summed E-state index contributed by atoms with van der Waals surface area (Å²) in [6.45, 7) is 6.07. The predicted octanol–water partition coefficient (Wildman–Crippen LogP) is 1.28. The van der Waals surface area contributed by atoms with Crippen molar-refractivity contribution in [2.24, 2.45) is 0 Å². The summed E-state index contributed by atoms with van der Waals surface area (Å²) in [6.07, 6.45) is 3.84. The number of nitrogens with one attached hydrogen (secondary N) is 1. The van der Waals surface area contributed by atoms with Gasteiger partial charge in [0.1, 0.15) is 0 Å². The molecule has 6 heteroatoms. The molecular weight excluding hydrogens is 248 g/mol. The van der Waals surface area contributed by atoms with Crippen LogP contribution in [0, 0.1) is 0 Å². The van der Waals surface area contributed by atoms with Crippen molar-refractivity contribution in [1.82, 2.24) is 20.3 Å². The van der Waals surface area contributed by atoms with Crippen molar-refractivity contribution in [3.05, 3.63) is 11.9 Å². The third kappa shape index (κ3) is 6.37. The fourth-order valence-electron chi connectivity index (χ4n) is 1.55. The van der Waals surface area contributed by atoms with Gasteiger partial charge < -0.3 is 10.4 Å². The normalized spacial score (nSPS) is 12.8. The van der Waals surface area contributed by atoms with E-state index >= 15 is 0 Å². The smallest absolute Gasteiger partial charge is 0.0964 e. The van der Waals surface area contributed by atoms with Crippen LogP contribution in [0.3, 0.4) is 0 Å². The van der Waals surface area contributed by atoms with E-state index in [4.69, 9.17) is 5.11 Å². The molecule has 1 unspecified atom stereocenters. The van der Waals surface area contributed by atoms with Gasteiger partial charge in [-0.05, 0) is 31.3 Å². The Bertz CT molecular complexity index is 319. The maximum atomic E-state index is 8.74. The van der Waals surface area contributed by atoms with Crippen LogP contribution >= 0.6 is 11.8 Å². The van der Waals surface area contributed by atoms with Gasteiger partial charge >= 0.3 is 0 Å². The molecule has 0 saturated heterocycles. The Balaban J connectivity index is 2.19. The van der Waals surface area contributed by atoms with E-state index in [1.165, 1.54) is 17.9 Å². The molecule has 0 radical (unpaired) electrons. The second-order valence-electron chi connectivity index (χ2n) is 4.32. The largest absolute Gasteiger partial charge is 0.396 e. The van der Waals surface area contributed by atoms with E-state index in [1.54, 1.807) is 4.68 Å². The third-order valence-electron chi connectivity index (χ3n) is 2.66. The van der Waals surface area contributed by atoms with Gasteiger partial charge in [-0.25, -0.2) is 0 Å². The molecule has 0 aliphatic heterocycles. The molecule has 1 aromatic rings. The fourth-order valence-corrected chi connectivity index (χ4v) is 2.36. The Morgan fingerprint density at radius 2 is 2.39 bits per heavy atom. The summed E-state index contributed by atoms with van der Waals surface area (Å²) >= 11 is 1.98. The van der Waals surface area contributed by atoms with Crippen LogP contribution in [0.15, 0.2) is 6.20 Å². The molecule has 2 N–H and O–H groups in total. The maximum Gasteiger partial charge on any atom is 0.0964 e. The summed E-state index contributed by atoms with van der Waals surface area (Å²) in [5.41, 5.74) is 0.961. The van der Waals surface area contributed by atoms with E-state index in [9.17, 15) is 0 Å². The Kier molecular flexibility index (Phi) is 8.04. The van der Waals surface area contributed by atoms with Crippen LogP contribution in [0.5, 0.6) is 0 Å². The lowest BCUT2D eigenvalue weighted by Crippen LogP contribution is -2.26. The van der Waals surface area contributed by atoms with Gasteiger partial charge in [0.25, 0.3) is 0 Å². The molecule has 104 valence electrons. The van der Waals surface area contributed by atoms with Crippen LogP contribution in [0.1, 0.15) is 32.4 Å². The van der Waals surface area contributed by atoms with Gasteiger partial charge in [0, 0.05) is 31.9 Å². The fraction of sp³-hybridized carbons (Fsp3) is 0.833. The lowest BCUT2D eigenvalue weighted by Gasteiger charge is -2.11. The number of rotatable bonds is 10. The molecule has 1 rings (SSSR count). The minimum Gasteiger partial charge on any atom is -0.396 e. The lowest BCUT2D eigenvalue weighted by molar-refractivity contribution is 0.276. The topological polar surface area (TPSA) is 63.0 Å². The van der Waals surface area contributed by atoms with Gasteiger partial charge in [0.05, 0.1) is 5.69 Å². The van der Waals surface area contributed by atoms with Gasteiger partial charge in [0.15, 0.2) is 0 Å². The van der Waals surface area contributed by atoms with E-state index in [1.807, 2.05) is 18.0 Å². The van der Waals surface area contributed by atoms with Gasteiger partial charge in [-0.1, -0.05) is 12.1 Å². The molecule has 0 bridgehead atoms. The van der Waals surface area contributed by atoms with E-state index < -0.39 is 0 Å². The molecule has 0 aromatic carbocycles. The molecule has 0 spiro atoms. The van der Waals surface area contributed by atoms with Crippen LogP contribution in [0.4, 0.5) is 0 Å². The minimum absolute atomic E-state index is 0.194. The molecule has 0 aliphatic carbocycles. The molecule has 0 aliphatic rings. The van der Waals surface area contributed by atoms with Crippen LogP contribution in [-0.4, -0.2) is 44.3 Å². The number of hydrogen-bond donors (Lipinski definition) is 2. The standard InChI is InChI=1S/C12H24N4OS/c1-3-18-8-5-11(2)13-9-12-10-16(15-14-12)6-4-7-17/h10-11,13,17H,3-9H2,1-2H3. The maximum absolute atomic E-state index is 8.74. The summed E-state index contributed by atoms with van der Waals surface area (Å²) < 4.78 is 1.78. The zero-order valence-electron chi connectivity index (χ0n) is 11.3. The van der Waals surface area contributed by atoms with Gasteiger partial charge in [-0.3, -0.25) is 4.68 Å². The zero-order valence-corrected chi connectivity index (χ0v) is 12.1. The highest BCUT2D eigenvalue weighted by atomic mass is 32.2. The molecule has 0 fully saturated rings. The van der Waals surface area contributed by atoms with Crippen LogP contribution in [-0.2, 0) is 13.1 Å². The number of nitrogens with zero attached hydrogens (tertiary/aromatic N) is 3. The van der Waals surface area contributed by atoms with E-state index in [0.717, 1.165) is 25.2 Å². The second-order valence-corrected chi connectivity index (χ2v) is 5.71. The Labute approximate surface area is 113 Å². The number of aliphatic hydroxyl groups is 1. The molecule has 0 amide bonds. The van der Waals surface area contributed by atoms with Crippen LogP contribution < -0.4 is 5.32 Å². The first-order chi connectivity index (χ1) is 8.76. The Morgan fingerprint density at radius 3 is 3.11 bits per heavy atom. The Morgan fingerprint density at radius 1 is 1.56 bits per heavy atom. The Hall–Kier alpha value is -0.590. The molecular formula is C12H24N4OS. The highest BCUT2D eigenvalue weighted by Gasteiger charge is 2.04. The molecule has 0 saturated carbocycles. The van der Waals surface area contributed by atoms with Crippen LogP contribution in [0.2, 0.25) is 0 Å². The number of aromatic nitrogens is 3. The summed E-state index contributed by atoms with van der Waals surface area (Å²) in [4.78, 5) is 0. The van der Waals surface area contributed by atoms with Gasteiger partial charge in [-0.2, -0.15) is 11.8 Å². The van der Waals surface area contributed by atoms with Crippen molar-refractivity contribution in [1.29, 1.82) is 0 Å². The molecule has 1 heterocycles. The number of aliphatic hydroxyl groups excluding tert-OH is 1. The first kappa shape index (κ1) is 15.5. The summed E-state index contributed by atoms with van der Waals surface area (Å²) in [7, 11) is 0. The lowest BCUT2D eigenvalue weighted by atomic mass is 10.2. The zero-order chi connectivity index (χ0) is 13.2. The van der Waals surface area contributed by atoms with Crippen molar-refractivity contribution in [3.8, 4) is 0 Å². The first-order valence-corrected chi connectivity index (χ1v) is 7.72. The first-order valence-electron chi connectivity index (χ1n) is 6.57. The molecule has 1 aromatic heterocycles. The van der Waals surface area contributed by atoms with E-state index in [2.05, 4.69) is 29.5 Å². The number of thioether (sulfide) groups is 1. The SMILES string of the molecule is CCSCCC(C)NCc1cn(CCCO)nn1. The van der Waals surface area contributed by atoms with Crippen molar-refractivity contribution in [3.63, 3.8) is 0 Å². The third-order valence-corrected chi connectivity index (χ3v) is 3.60. The quantitative estimate of drug-likeness (QED) is 0.628. The van der Waals surface area contributed by atoms with Crippen molar-refractivity contribution < 1.29 is 5.11 Å². The molecule has 5 nitrogen and oxygen atoms in total. The van der Waals surface area contributed by atoms with Crippen molar-refractivity contribution in [2.75, 3.05) is 18.1 Å². The van der Waals surface area contributed by atoms with Crippen molar-refractivity contribution in [2.45, 2.75) is 45.8 Å². The van der Waals surface area contributed by atoms with E-state index in [-0.39, 0.29) is 6.61 Å². The monoisotopic (exact) mass is 272 g/mol. The average Bonchev–Trinajstić information content (AvgIpc) is 2.82. The number of aryl methyl sites for hydroxylation is 1. The van der Waals surface area contributed by atoms with Crippen molar-refractivity contribution >= 4 is 11.8 Å². The summed E-state index contributed by atoms with van der Waals surface area (Å²) in [5, 5.41) is 20.3. The summed E-state index contributed by atoms with van der Waals surface area (Å²) in [5.74, 6) is 2.39. The van der Waals surface area contributed by atoms with Crippen LogP contribution in [0.25, 0.3) is 0 Å². The van der Waals surface area contributed by atoms with Gasteiger partial charge in [-0.15, -0.1) is 5.10 Å². The van der Waals surface area contributed by atoms with E-state index in [0.29, 0.717) is 6.04 Å². The average molecular weight is 272 g/mol. The summed E-state index contributed by atoms with van der Waals surface area (Å²) in [6, 6.07) is 0.506. The highest BCUT2D eigenvalue weighted by Crippen LogP contribution is 2.04. The second kappa shape index (κ2) is 9.35. The number of hydrogen-bond acceptors (Lipinski definition) is 5. The molecule has 18 heavy (non-hydrogen) atoms. The van der Waals surface area contributed by atoms with Gasteiger partial charge in [0.2, 0.25) is 0 Å².